The van der Waals surface area contributed by atoms with E-state index >= 15 is 0 Å². The number of hydrogen-bond acceptors (Lipinski definition) is 6. The summed E-state index contributed by atoms with van der Waals surface area (Å²) in [5, 5.41) is 16.5. The highest BCUT2D eigenvalue weighted by atomic mass is 32.2. The number of nitrogens with one attached hydrogen (secondary N) is 1. The van der Waals surface area contributed by atoms with Gasteiger partial charge in [-0.2, -0.15) is 0 Å². The maximum absolute atomic E-state index is 12.5. The number of sulfonamides is 1. The van der Waals surface area contributed by atoms with Crippen LogP contribution in [-0.4, -0.2) is 25.2 Å². The average Bonchev–Trinajstić information content (AvgIpc) is 3.06. The highest BCUT2D eigenvalue weighted by molar-refractivity contribution is 7.89. The molecule has 8 heteroatoms. The van der Waals surface area contributed by atoms with Gasteiger partial charge in [0.2, 0.25) is 10.0 Å². The van der Waals surface area contributed by atoms with E-state index in [9.17, 15) is 13.5 Å². The predicted molar refractivity (Wildman–Crippen MR) is 82.1 cm³/mol. The second kappa shape index (κ2) is 5.45. The van der Waals surface area contributed by atoms with Crippen LogP contribution in [0.2, 0.25) is 0 Å². The van der Waals surface area contributed by atoms with Crippen LogP contribution in [0.15, 0.2) is 26.9 Å². The van der Waals surface area contributed by atoms with Gasteiger partial charge >= 0.3 is 0 Å². The van der Waals surface area contributed by atoms with E-state index in [1.807, 2.05) is 17.5 Å². The van der Waals surface area contributed by atoms with Gasteiger partial charge in [-0.1, -0.05) is 11.2 Å². The third kappa shape index (κ3) is 2.71. The summed E-state index contributed by atoms with van der Waals surface area (Å²) in [6, 6.07) is 3.70. The van der Waals surface area contributed by atoms with Crippen molar-refractivity contribution in [1.29, 1.82) is 0 Å². The summed E-state index contributed by atoms with van der Waals surface area (Å²) in [5.74, 6) is 0.342. The van der Waals surface area contributed by atoms with E-state index in [4.69, 9.17) is 4.52 Å². The summed E-state index contributed by atoms with van der Waals surface area (Å²) in [7, 11) is -3.77. The molecule has 0 aromatic carbocycles. The summed E-state index contributed by atoms with van der Waals surface area (Å²) < 4.78 is 32.4. The van der Waals surface area contributed by atoms with Gasteiger partial charge in [0, 0.05) is 11.4 Å². The lowest BCUT2D eigenvalue weighted by Gasteiger charge is -2.27. The molecule has 2 heterocycles. The zero-order valence-electron chi connectivity index (χ0n) is 12.4. The Labute approximate surface area is 133 Å². The molecule has 1 atom stereocenters. The van der Waals surface area contributed by atoms with E-state index in [2.05, 4.69) is 9.88 Å². The molecular weight excluding hydrogens is 324 g/mol. The minimum absolute atomic E-state index is 0.0510. The number of rotatable bonds is 6. The van der Waals surface area contributed by atoms with Crippen molar-refractivity contribution in [2.24, 2.45) is 5.92 Å². The highest BCUT2D eigenvalue weighted by Crippen LogP contribution is 2.46. The van der Waals surface area contributed by atoms with E-state index in [0.29, 0.717) is 5.69 Å². The number of aryl methyl sites for hydroxylation is 2. The van der Waals surface area contributed by atoms with Crippen LogP contribution in [0.4, 0.5) is 0 Å². The van der Waals surface area contributed by atoms with E-state index in [1.54, 1.807) is 13.8 Å². The largest absolute Gasteiger partial charge is 0.383 e. The van der Waals surface area contributed by atoms with Crippen LogP contribution in [0.5, 0.6) is 0 Å². The fraction of sp³-hybridized carbons (Fsp3) is 0.500. The monoisotopic (exact) mass is 342 g/mol. The van der Waals surface area contributed by atoms with Crippen molar-refractivity contribution < 1.29 is 18.0 Å². The van der Waals surface area contributed by atoms with Crippen molar-refractivity contribution in [2.75, 3.05) is 6.54 Å². The fourth-order valence-corrected chi connectivity index (χ4v) is 4.95. The Balaban J connectivity index is 1.84. The molecule has 0 amide bonds. The molecule has 22 heavy (non-hydrogen) atoms. The topological polar surface area (TPSA) is 92.4 Å². The second-order valence-electron chi connectivity index (χ2n) is 5.65. The number of thiophene rings is 1. The molecule has 0 saturated heterocycles. The maximum Gasteiger partial charge on any atom is 0.246 e. The number of aromatic nitrogens is 1. The van der Waals surface area contributed by atoms with Crippen molar-refractivity contribution in [1.82, 2.24) is 9.88 Å². The Morgan fingerprint density at radius 2 is 2.23 bits per heavy atom. The predicted octanol–water partition coefficient (Wildman–Crippen LogP) is 1.93. The molecule has 2 aromatic rings. The Hall–Kier alpha value is -1.22. The second-order valence-corrected chi connectivity index (χ2v) is 8.31. The normalized spacial score (nSPS) is 18.3. The van der Waals surface area contributed by atoms with Gasteiger partial charge in [-0.25, -0.2) is 13.1 Å². The van der Waals surface area contributed by atoms with Gasteiger partial charge in [-0.3, -0.25) is 0 Å². The summed E-state index contributed by atoms with van der Waals surface area (Å²) in [6.07, 6.45) is 1.81. The Bertz CT molecular complexity index is 743. The van der Waals surface area contributed by atoms with Crippen molar-refractivity contribution in [2.45, 2.75) is 37.2 Å². The Morgan fingerprint density at radius 1 is 1.50 bits per heavy atom. The van der Waals surface area contributed by atoms with Gasteiger partial charge in [-0.05, 0) is 44.1 Å². The lowest BCUT2D eigenvalue weighted by Crippen LogP contribution is -2.42. The minimum atomic E-state index is -3.77. The van der Waals surface area contributed by atoms with Gasteiger partial charge in [0.05, 0.1) is 0 Å². The van der Waals surface area contributed by atoms with Crippen LogP contribution in [0.1, 0.15) is 29.2 Å². The molecule has 6 nitrogen and oxygen atoms in total. The average molecular weight is 342 g/mol. The first kappa shape index (κ1) is 15.7. The lowest BCUT2D eigenvalue weighted by atomic mass is 9.96. The van der Waals surface area contributed by atoms with Crippen LogP contribution in [0.25, 0.3) is 0 Å². The smallest absolute Gasteiger partial charge is 0.246 e. The van der Waals surface area contributed by atoms with Crippen molar-refractivity contribution in [3.05, 3.63) is 33.8 Å². The molecule has 1 fully saturated rings. The Morgan fingerprint density at radius 3 is 2.73 bits per heavy atom. The van der Waals surface area contributed by atoms with E-state index < -0.39 is 15.6 Å². The van der Waals surface area contributed by atoms with Crippen molar-refractivity contribution in [3.8, 4) is 0 Å². The van der Waals surface area contributed by atoms with Gasteiger partial charge in [0.1, 0.15) is 16.2 Å². The summed E-state index contributed by atoms with van der Waals surface area (Å²) in [6.45, 7) is 3.09. The minimum Gasteiger partial charge on any atom is -0.383 e. The molecule has 2 aromatic heterocycles. The van der Waals surface area contributed by atoms with Crippen LogP contribution in [0.3, 0.4) is 0 Å². The molecular formula is C14H18N2O4S2. The van der Waals surface area contributed by atoms with Crippen LogP contribution in [0, 0.1) is 19.8 Å². The van der Waals surface area contributed by atoms with Gasteiger partial charge in [0.25, 0.3) is 0 Å². The summed E-state index contributed by atoms with van der Waals surface area (Å²) >= 11 is 1.44. The molecule has 1 saturated carbocycles. The standard InChI is InChI=1S/C14H18N2O4S2/c1-9-13(10(2)20-16-9)22(18,19)15-8-14(17,11-5-6-11)12-4-3-7-21-12/h3-4,7,11,15,17H,5-6,8H2,1-2H3/t14-/m0/s1. The molecule has 1 aliphatic rings. The maximum atomic E-state index is 12.5. The molecule has 0 spiro atoms. The molecule has 0 aliphatic heterocycles. The molecule has 1 aliphatic carbocycles. The SMILES string of the molecule is Cc1noc(C)c1S(=O)(=O)NC[C@@](O)(c1cccs1)C1CC1. The van der Waals surface area contributed by atoms with Gasteiger partial charge < -0.3 is 9.63 Å². The van der Waals surface area contributed by atoms with Crippen molar-refractivity contribution >= 4 is 21.4 Å². The first-order valence-corrected chi connectivity index (χ1v) is 9.40. The molecule has 2 N–H and O–H groups in total. The third-order valence-electron chi connectivity index (χ3n) is 3.97. The first-order valence-electron chi connectivity index (χ1n) is 7.03. The van der Waals surface area contributed by atoms with E-state index in [0.717, 1.165) is 17.7 Å². The summed E-state index contributed by atoms with van der Waals surface area (Å²) in [5.41, 5.74) is -0.837. The van der Waals surface area contributed by atoms with Crippen LogP contribution < -0.4 is 4.72 Å². The fourth-order valence-electron chi connectivity index (χ4n) is 2.65. The quantitative estimate of drug-likeness (QED) is 0.837. The summed E-state index contributed by atoms with van der Waals surface area (Å²) in [4.78, 5) is 0.841. The Kier molecular flexibility index (Phi) is 3.88. The number of aliphatic hydroxyl groups is 1. The van der Waals surface area contributed by atoms with Crippen LogP contribution in [-0.2, 0) is 15.6 Å². The van der Waals surface area contributed by atoms with Gasteiger partial charge in [0.15, 0.2) is 5.76 Å². The third-order valence-corrected chi connectivity index (χ3v) is 6.65. The molecule has 0 bridgehead atoms. The van der Waals surface area contributed by atoms with E-state index in [1.165, 1.54) is 11.3 Å². The highest BCUT2D eigenvalue weighted by Gasteiger charge is 2.46. The number of nitrogens with zero attached hydrogens (tertiary/aromatic N) is 1. The molecule has 0 unspecified atom stereocenters. The number of hydrogen-bond donors (Lipinski definition) is 2. The van der Waals surface area contributed by atoms with Gasteiger partial charge in [-0.15, -0.1) is 11.3 Å². The van der Waals surface area contributed by atoms with Crippen molar-refractivity contribution in [3.63, 3.8) is 0 Å². The lowest BCUT2D eigenvalue weighted by molar-refractivity contribution is 0.0222. The first-order chi connectivity index (χ1) is 10.3. The molecule has 3 rings (SSSR count). The zero-order valence-corrected chi connectivity index (χ0v) is 14.0. The molecule has 0 radical (unpaired) electrons. The zero-order chi connectivity index (χ0) is 16.0. The van der Waals surface area contributed by atoms with Crippen LogP contribution >= 0.6 is 11.3 Å². The molecule has 120 valence electrons. The van der Waals surface area contributed by atoms with E-state index in [-0.39, 0.29) is 23.1 Å².